The molecule has 0 heterocycles. The highest BCUT2D eigenvalue weighted by Crippen LogP contribution is 2.15. The minimum atomic E-state index is 0.676. The minimum absolute atomic E-state index is 0.676. The summed E-state index contributed by atoms with van der Waals surface area (Å²) in [6, 6.07) is 17.4. The molecule has 0 N–H and O–H groups in total. The number of benzene rings is 2. The number of rotatable bonds is 10. The summed E-state index contributed by atoms with van der Waals surface area (Å²) >= 11 is 0. The molecule has 0 amide bonds. The summed E-state index contributed by atoms with van der Waals surface area (Å²) in [7, 11) is 0. The Kier molecular flexibility index (Phi) is 8.77. The lowest BCUT2D eigenvalue weighted by Crippen LogP contribution is -2.01. The van der Waals surface area contributed by atoms with Crippen LogP contribution in [0.3, 0.4) is 0 Å². The quantitative estimate of drug-likeness (QED) is 0.309. The molecule has 0 fully saturated rings. The maximum Gasteiger partial charge on any atom is 0.154 e. The molecule has 0 aliphatic rings. The highest BCUT2D eigenvalue weighted by molar-refractivity contribution is 5.53. The van der Waals surface area contributed by atoms with Gasteiger partial charge in [0.05, 0.1) is 25.9 Å². The SMILES string of the molecule is [C-]#[N+]/C=C/c1ccc(OCCCCCOc2ccc(/C=C\C#N)cc2)cc1. The molecule has 0 atom stereocenters. The standard InChI is InChI=1S/C23H22N2O2/c1-25-17-15-21-9-13-23(14-10-21)27-19-4-2-3-18-26-22-11-7-20(8-12-22)6-5-16-24/h5-15,17H,2-4,18-19H2/b6-5-,17-15+. The number of unbranched alkanes of at least 4 members (excludes halogenated alkanes) is 2. The first-order chi connectivity index (χ1) is 13.3. The molecule has 0 spiro atoms. The van der Waals surface area contributed by atoms with Crippen molar-refractivity contribution in [2.45, 2.75) is 19.3 Å². The largest absolute Gasteiger partial charge is 0.494 e. The van der Waals surface area contributed by atoms with Crippen LogP contribution in [0.5, 0.6) is 11.5 Å². The van der Waals surface area contributed by atoms with E-state index in [-0.39, 0.29) is 0 Å². The third kappa shape index (κ3) is 7.94. The number of nitriles is 1. The molecule has 0 saturated carbocycles. The highest BCUT2D eigenvalue weighted by atomic mass is 16.5. The van der Waals surface area contributed by atoms with E-state index in [0.717, 1.165) is 41.9 Å². The van der Waals surface area contributed by atoms with Crippen LogP contribution in [0.15, 0.2) is 60.8 Å². The van der Waals surface area contributed by atoms with Gasteiger partial charge in [0.2, 0.25) is 0 Å². The van der Waals surface area contributed by atoms with Gasteiger partial charge in [-0.2, -0.15) is 5.26 Å². The maximum atomic E-state index is 8.51. The van der Waals surface area contributed by atoms with E-state index in [2.05, 4.69) is 4.85 Å². The highest BCUT2D eigenvalue weighted by Gasteiger charge is 1.97. The molecule has 0 aliphatic heterocycles. The van der Waals surface area contributed by atoms with Crippen molar-refractivity contribution in [3.63, 3.8) is 0 Å². The van der Waals surface area contributed by atoms with E-state index in [1.807, 2.05) is 54.6 Å². The number of hydrogen-bond donors (Lipinski definition) is 0. The minimum Gasteiger partial charge on any atom is -0.494 e. The van der Waals surface area contributed by atoms with Gasteiger partial charge in [0.1, 0.15) is 11.5 Å². The summed E-state index contributed by atoms with van der Waals surface area (Å²) in [6.07, 6.45) is 9.42. The third-order valence-electron chi connectivity index (χ3n) is 3.78. The zero-order valence-corrected chi connectivity index (χ0v) is 15.2. The topological polar surface area (TPSA) is 46.6 Å². The lowest BCUT2D eigenvalue weighted by atomic mass is 10.2. The summed E-state index contributed by atoms with van der Waals surface area (Å²) < 4.78 is 11.4. The second kappa shape index (κ2) is 12.0. The average molecular weight is 358 g/mol. The van der Waals surface area contributed by atoms with Crippen molar-refractivity contribution >= 4 is 12.2 Å². The lowest BCUT2D eigenvalue weighted by Gasteiger charge is -2.08. The van der Waals surface area contributed by atoms with Crippen LogP contribution in [-0.4, -0.2) is 13.2 Å². The van der Waals surface area contributed by atoms with Gasteiger partial charge in [-0.3, -0.25) is 0 Å². The summed E-state index contributed by atoms with van der Waals surface area (Å²) in [5.74, 6) is 1.68. The van der Waals surface area contributed by atoms with E-state index >= 15 is 0 Å². The van der Waals surface area contributed by atoms with E-state index < -0.39 is 0 Å². The van der Waals surface area contributed by atoms with Crippen LogP contribution in [-0.2, 0) is 0 Å². The second-order valence-corrected chi connectivity index (χ2v) is 5.80. The van der Waals surface area contributed by atoms with Crippen molar-refractivity contribution in [1.29, 1.82) is 5.26 Å². The first-order valence-electron chi connectivity index (χ1n) is 8.87. The van der Waals surface area contributed by atoms with E-state index in [1.54, 1.807) is 12.2 Å². The molecule has 27 heavy (non-hydrogen) atoms. The van der Waals surface area contributed by atoms with Gasteiger partial charge in [-0.15, -0.1) is 0 Å². The Morgan fingerprint density at radius 2 is 1.33 bits per heavy atom. The Balaban J connectivity index is 1.57. The Hall–Kier alpha value is -3.50. The van der Waals surface area contributed by atoms with E-state index in [9.17, 15) is 0 Å². The summed E-state index contributed by atoms with van der Waals surface area (Å²) in [4.78, 5) is 3.19. The molecular formula is C23H22N2O2. The fraction of sp³-hybridized carbons (Fsp3) is 0.217. The van der Waals surface area contributed by atoms with Crippen LogP contribution in [0, 0.1) is 17.9 Å². The number of hydrogen-bond acceptors (Lipinski definition) is 3. The van der Waals surface area contributed by atoms with Crippen molar-refractivity contribution in [2.24, 2.45) is 0 Å². The van der Waals surface area contributed by atoms with Gasteiger partial charge in [-0.1, -0.05) is 30.3 Å². The molecular weight excluding hydrogens is 336 g/mol. The van der Waals surface area contributed by atoms with E-state index in [1.165, 1.54) is 12.3 Å². The predicted molar refractivity (Wildman–Crippen MR) is 108 cm³/mol. The van der Waals surface area contributed by atoms with Crippen molar-refractivity contribution in [3.05, 3.63) is 83.4 Å². The molecule has 2 aromatic carbocycles. The van der Waals surface area contributed by atoms with Crippen LogP contribution < -0.4 is 9.47 Å². The number of nitrogens with zero attached hydrogens (tertiary/aromatic N) is 2. The van der Waals surface area contributed by atoms with Crippen molar-refractivity contribution < 1.29 is 9.47 Å². The van der Waals surface area contributed by atoms with Crippen LogP contribution in [0.25, 0.3) is 17.0 Å². The van der Waals surface area contributed by atoms with Gasteiger partial charge in [-0.25, -0.2) is 4.85 Å². The van der Waals surface area contributed by atoms with Gasteiger partial charge in [0, 0.05) is 6.08 Å². The smallest absolute Gasteiger partial charge is 0.154 e. The molecule has 2 rings (SSSR count). The number of allylic oxidation sites excluding steroid dienone is 1. The first kappa shape index (κ1) is 19.8. The summed E-state index contributed by atoms with van der Waals surface area (Å²) in [6.45, 7) is 8.08. The van der Waals surface area contributed by atoms with Gasteiger partial charge in [0.25, 0.3) is 0 Å². The molecule has 0 unspecified atom stereocenters. The Morgan fingerprint density at radius 1 is 0.815 bits per heavy atom. The molecule has 136 valence electrons. The van der Waals surface area contributed by atoms with Crippen molar-refractivity contribution in [1.82, 2.24) is 0 Å². The molecule has 0 radical (unpaired) electrons. The summed E-state index contributed by atoms with van der Waals surface area (Å²) in [5, 5.41) is 8.51. The van der Waals surface area contributed by atoms with Gasteiger partial charge in [-0.05, 0) is 60.7 Å². The third-order valence-corrected chi connectivity index (χ3v) is 3.78. The summed E-state index contributed by atoms with van der Waals surface area (Å²) in [5.41, 5.74) is 1.97. The monoisotopic (exact) mass is 358 g/mol. The van der Waals surface area contributed by atoms with Gasteiger partial charge in [0.15, 0.2) is 6.20 Å². The predicted octanol–water partition coefficient (Wildman–Crippen LogP) is 5.74. The van der Waals surface area contributed by atoms with E-state index in [0.29, 0.717) is 13.2 Å². The van der Waals surface area contributed by atoms with Crippen LogP contribution in [0.1, 0.15) is 30.4 Å². The van der Waals surface area contributed by atoms with Crippen LogP contribution >= 0.6 is 0 Å². The number of ether oxygens (including phenoxy) is 2. The Bertz CT molecular complexity index is 751. The molecule has 0 aromatic heterocycles. The average Bonchev–Trinajstić information content (AvgIpc) is 2.71. The zero-order chi connectivity index (χ0) is 19.2. The van der Waals surface area contributed by atoms with Crippen LogP contribution in [0.2, 0.25) is 0 Å². The second-order valence-electron chi connectivity index (χ2n) is 5.80. The first-order valence-corrected chi connectivity index (χ1v) is 8.87. The molecule has 2 aromatic rings. The Labute approximate surface area is 160 Å². The van der Waals surface area contributed by atoms with Crippen LogP contribution in [0.4, 0.5) is 0 Å². The molecule has 4 heteroatoms. The van der Waals surface area contributed by atoms with Crippen molar-refractivity contribution in [3.8, 4) is 17.6 Å². The molecule has 0 saturated heterocycles. The molecule has 4 nitrogen and oxygen atoms in total. The Morgan fingerprint density at radius 3 is 1.81 bits per heavy atom. The molecule has 0 aliphatic carbocycles. The van der Waals surface area contributed by atoms with E-state index in [4.69, 9.17) is 21.3 Å². The molecule has 0 bridgehead atoms. The van der Waals surface area contributed by atoms with Gasteiger partial charge < -0.3 is 9.47 Å². The fourth-order valence-corrected chi connectivity index (χ4v) is 2.37. The maximum absolute atomic E-state index is 8.51. The normalized spacial score (nSPS) is 10.6. The van der Waals surface area contributed by atoms with Gasteiger partial charge >= 0.3 is 0 Å². The fourth-order valence-electron chi connectivity index (χ4n) is 2.37. The van der Waals surface area contributed by atoms with Crippen molar-refractivity contribution in [2.75, 3.05) is 13.2 Å². The lowest BCUT2D eigenvalue weighted by molar-refractivity contribution is 0.279. The zero-order valence-electron chi connectivity index (χ0n) is 15.2.